The van der Waals surface area contributed by atoms with Gasteiger partial charge in [0.25, 0.3) is 5.56 Å². The van der Waals surface area contributed by atoms with Gasteiger partial charge in [0.15, 0.2) is 10.8 Å². The molecule has 0 fully saturated rings. The number of aromatic amines is 1. The van der Waals surface area contributed by atoms with Crippen LogP contribution in [0.1, 0.15) is 21.1 Å². The van der Waals surface area contributed by atoms with E-state index in [4.69, 9.17) is 5.11 Å². The summed E-state index contributed by atoms with van der Waals surface area (Å²) < 4.78 is 37.6. The van der Waals surface area contributed by atoms with Gasteiger partial charge in [0.2, 0.25) is 5.95 Å². The molecule has 0 amide bonds. The number of aryl methyl sites for hydroxylation is 1. The minimum absolute atomic E-state index is 0.00683. The Bertz CT molecular complexity index is 753. The van der Waals surface area contributed by atoms with Gasteiger partial charge in [-0.05, 0) is 6.92 Å². The second-order valence-corrected chi connectivity index (χ2v) is 4.84. The van der Waals surface area contributed by atoms with Crippen molar-refractivity contribution in [3.8, 4) is 0 Å². The molecular weight excluding hydrogens is 313 g/mol. The average Bonchev–Trinajstić information content (AvgIpc) is 2.68. The van der Waals surface area contributed by atoms with Crippen LogP contribution in [0, 0.1) is 6.92 Å². The quantitative estimate of drug-likeness (QED) is 0.798. The molecule has 21 heavy (non-hydrogen) atoms. The Morgan fingerprint density at radius 3 is 2.62 bits per heavy atom. The fourth-order valence-electron chi connectivity index (χ4n) is 1.41. The number of aromatic carboxylic acids is 1. The molecule has 2 heterocycles. The number of hydrogen-bond donors (Lipinski definition) is 3. The number of alkyl halides is 3. The van der Waals surface area contributed by atoms with E-state index in [1.165, 1.54) is 6.92 Å². The van der Waals surface area contributed by atoms with Crippen molar-refractivity contribution in [3.63, 3.8) is 0 Å². The molecule has 2 rings (SSSR count). The predicted molar refractivity (Wildman–Crippen MR) is 67.0 cm³/mol. The fraction of sp³-hybridized carbons (Fsp3) is 0.200. The van der Waals surface area contributed by atoms with E-state index in [2.05, 4.69) is 20.3 Å². The second kappa shape index (κ2) is 5.16. The van der Waals surface area contributed by atoms with Crippen molar-refractivity contribution in [3.05, 3.63) is 32.7 Å². The van der Waals surface area contributed by atoms with Crippen molar-refractivity contribution in [2.45, 2.75) is 13.1 Å². The average molecular weight is 320 g/mol. The largest absolute Gasteiger partial charge is 0.477 e. The lowest BCUT2D eigenvalue weighted by molar-refractivity contribution is -0.141. The second-order valence-electron chi connectivity index (χ2n) is 3.84. The number of H-pyrrole nitrogens is 1. The number of carbonyl (C=O) groups is 1. The number of halogens is 3. The van der Waals surface area contributed by atoms with Crippen LogP contribution in [0.5, 0.6) is 0 Å². The number of thiazole rings is 1. The lowest BCUT2D eigenvalue weighted by atomic mass is 10.4. The Balaban J connectivity index is 2.36. The molecule has 7 nitrogen and oxygen atoms in total. The summed E-state index contributed by atoms with van der Waals surface area (Å²) in [6, 6.07) is 0.320. The highest BCUT2D eigenvalue weighted by Crippen LogP contribution is 2.28. The van der Waals surface area contributed by atoms with Gasteiger partial charge in [0.1, 0.15) is 4.88 Å². The maximum atomic E-state index is 12.5. The summed E-state index contributed by atoms with van der Waals surface area (Å²) in [5.41, 5.74) is -2.16. The lowest BCUT2D eigenvalue weighted by Crippen LogP contribution is -2.17. The Kier molecular flexibility index (Phi) is 3.68. The highest BCUT2D eigenvalue weighted by Gasteiger charge is 2.33. The van der Waals surface area contributed by atoms with E-state index in [0.717, 1.165) is 0 Å². The van der Waals surface area contributed by atoms with Crippen LogP contribution in [-0.2, 0) is 6.18 Å². The standard InChI is InChI=1S/C10H7F3N4O3S/c1-3-6(7(19)20)21-9(14-3)17-8-15-4(10(11,12)13)2-5(18)16-8/h2H,1H3,(H,19,20)(H2,14,15,16,17,18). The minimum Gasteiger partial charge on any atom is -0.477 e. The summed E-state index contributed by atoms with van der Waals surface area (Å²) in [7, 11) is 0. The van der Waals surface area contributed by atoms with Gasteiger partial charge in [0, 0.05) is 6.07 Å². The maximum absolute atomic E-state index is 12.5. The van der Waals surface area contributed by atoms with Crippen LogP contribution in [-0.4, -0.2) is 26.0 Å². The molecule has 3 N–H and O–H groups in total. The summed E-state index contributed by atoms with van der Waals surface area (Å²) in [6.45, 7) is 1.44. The normalized spacial score (nSPS) is 11.4. The third-order valence-electron chi connectivity index (χ3n) is 2.25. The number of nitrogens with one attached hydrogen (secondary N) is 2. The molecule has 0 spiro atoms. The van der Waals surface area contributed by atoms with Gasteiger partial charge in [-0.15, -0.1) is 0 Å². The van der Waals surface area contributed by atoms with Gasteiger partial charge in [-0.25, -0.2) is 14.8 Å². The third-order valence-corrected chi connectivity index (χ3v) is 3.31. The highest BCUT2D eigenvalue weighted by atomic mass is 32.1. The van der Waals surface area contributed by atoms with Crippen LogP contribution in [0.3, 0.4) is 0 Å². The van der Waals surface area contributed by atoms with Gasteiger partial charge in [0.05, 0.1) is 5.69 Å². The Morgan fingerprint density at radius 1 is 1.43 bits per heavy atom. The summed E-state index contributed by atoms with van der Waals surface area (Å²) in [4.78, 5) is 31.1. The number of aromatic nitrogens is 3. The number of nitrogens with zero attached hydrogens (tertiary/aromatic N) is 2. The summed E-state index contributed by atoms with van der Waals surface area (Å²) >= 11 is 0.717. The number of carboxylic acids is 1. The van der Waals surface area contributed by atoms with Crippen molar-refractivity contribution in [2.75, 3.05) is 5.32 Å². The van der Waals surface area contributed by atoms with E-state index in [-0.39, 0.29) is 15.7 Å². The van der Waals surface area contributed by atoms with E-state index in [0.29, 0.717) is 17.4 Å². The Hall–Kier alpha value is -2.43. The van der Waals surface area contributed by atoms with E-state index in [1.807, 2.05) is 0 Å². The SMILES string of the molecule is Cc1nc(Nc2nc(C(F)(F)F)cc(=O)[nH]2)sc1C(=O)O. The zero-order valence-electron chi connectivity index (χ0n) is 10.3. The molecule has 0 aliphatic heterocycles. The van der Waals surface area contributed by atoms with Gasteiger partial charge >= 0.3 is 12.1 Å². The Labute approximate surface area is 118 Å². The monoisotopic (exact) mass is 320 g/mol. The first kappa shape index (κ1) is 15.0. The number of carboxylic acid groups (broad SMARTS) is 1. The van der Waals surface area contributed by atoms with Gasteiger partial charge in [-0.3, -0.25) is 9.78 Å². The van der Waals surface area contributed by atoms with Crippen LogP contribution in [0.2, 0.25) is 0 Å². The maximum Gasteiger partial charge on any atom is 0.433 e. The van der Waals surface area contributed by atoms with Crippen molar-refractivity contribution >= 4 is 28.4 Å². The zero-order valence-corrected chi connectivity index (χ0v) is 11.1. The van der Waals surface area contributed by atoms with Crippen molar-refractivity contribution in [1.82, 2.24) is 15.0 Å². The smallest absolute Gasteiger partial charge is 0.433 e. The molecule has 0 radical (unpaired) electrons. The van der Waals surface area contributed by atoms with Crippen LogP contribution in [0.25, 0.3) is 0 Å². The first-order valence-corrected chi connectivity index (χ1v) is 6.15. The van der Waals surface area contributed by atoms with E-state index < -0.39 is 29.3 Å². The fourth-order valence-corrected chi connectivity index (χ4v) is 2.22. The molecule has 0 bridgehead atoms. The highest BCUT2D eigenvalue weighted by molar-refractivity contribution is 7.17. The molecule has 0 saturated carbocycles. The molecule has 0 atom stereocenters. The summed E-state index contributed by atoms with van der Waals surface area (Å²) in [5.74, 6) is -1.68. The van der Waals surface area contributed by atoms with Crippen LogP contribution >= 0.6 is 11.3 Å². The predicted octanol–water partition coefficient (Wildman–Crippen LogP) is 2.00. The topological polar surface area (TPSA) is 108 Å². The lowest BCUT2D eigenvalue weighted by Gasteiger charge is -2.07. The van der Waals surface area contributed by atoms with Crippen LogP contribution in [0.4, 0.5) is 24.3 Å². The number of hydrogen-bond acceptors (Lipinski definition) is 6. The van der Waals surface area contributed by atoms with Gasteiger partial charge in [-0.2, -0.15) is 13.2 Å². The van der Waals surface area contributed by atoms with Crippen LogP contribution < -0.4 is 10.9 Å². The third kappa shape index (κ3) is 3.37. The first-order valence-electron chi connectivity index (χ1n) is 5.33. The molecule has 112 valence electrons. The van der Waals surface area contributed by atoms with Gasteiger partial charge < -0.3 is 10.4 Å². The molecule has 0 unspecified atom stereocenters. The van der Waals surface area contributed by atoms with Crippen molar-refractivity contribution in [1.29, 1.82) is 0 Å². The summed E-state index contributed by atoms with van der Waals surface area (Å²) in [6.07, 6.45) is -4.77. The number of rotatable bonds is 3. The molecule has 0 saturated heterocycles. The molecule has 2 aromatic rings. The summed E-state index contributed by atoms with van der Waals surface area (Å²) in [5, 5.41) is 11.2. The van der Waals surface area contributed by atoms with Crippen molar-refractivity contribution < 1.29 is 23.1 Å². The van der Waals surface area contributed by atoms with E-state index in [1.54, 1.807) is 0 Å². The van der Waals surface area contributed by atoms with E-state index >= 15 is 0 Å². The van der Waals surface area contributed by atoms with Gasteiger partial charge in [-0.1, -0.05) is 11.3 Å². The zero-order chi connectivity index (χ0) is 15.8. The molecule has 2 aromatic heterocycles. The molecule has 11 heteroatoms. The Morgan fingerprint density at radius 2 is 2.10 bits per heavy atom. The molecule has 0 aliphatic carbocycles. The molecule has 0 aliphatic rings. The molecular formula is C10H7F3N4O3S. The number of anilines is 2. The molecule has 0 aromatic carbocycles. The first-order chi connectivity index (χ1) is 9.66. The van der Waals surface area contributed by atoms with E-state index in [9.17, 15) is 22.8 Å². The minimum atomic E-state index is -4.77. The van der Waals surface area contributed by atoms with Crippen molar-refractivity contribution in [2.24, 2.45) is 0 Å². The van der Waals surface area contributed by atoms with Crippen LogP contribution in [0.15, 0.2) is 10.9 Å².